The van der Waals surface area contributed by atoms with E-state index in [1.165, 1.54) is 11.3 Å². The molecule has 2 N–H and O–H groups in total. The predicted molar refractivity (Wildman–Crippen MR) is 67.7 cm³/mol. The molecular weight excluding hydrogens is 292 g/mol. The lowest BCUT2D eigenvalue weighted by molar-refractivity contribution is -0.146. The number of halogens is 1. The molecule has 0 aliphatic carbocycles. The zero-order valence-electron chi connectivity index (χ0n) is 9.24. The normalized spacial score (nSPS) is 14.8. The van der Waals surface area contributed by atoms with Crippen LogP contribution in [0.3, 0.4) is 0 Å². The number of thiophene rings is 1. The first kappa shape index (κ1) is 13.7. The van der Waals surface area contributed by atoms with Gasteiger partial charge in [-0.05, 0) is 35.3 Å². The maximum Gasteiger partial charge on any atom is 0.309 e. The molecule has 0 aromatic carbocycles. The molecule has 1 rings (SSSR count). The Balaban J connectivity index is 2.89. The molecule has 0 radical (unpaired) electrons. The van der Waals surface area contributed by atoms with Crippen LogP contribution in [0.25, 0.3) is 0 Å². The van der Waals surface area contributed by atoms with Crippen LogP contribution in [0.4, 0.5) is 0 Å². The topological polar surface area (TPSA) is 57.5 Å². The van der Waals surface area contributed by atoms with Gasteiger partial charge in [0.15, 0.2) is 0 Å². The molecule has 0 saturated heterocycles. The number of hydrogen-bond acceptors (Lipinski definition) is 3. The third-order valence-corrected chi connectivity index (χ3v) is 4.67. The lowest BCUT2D eigenvalue weighted by Crippen LogP contribution is -2.21. The summed E-state index contributed by atoms with van der Waals surface area (Å²) in [7, 11) is 0. The van der Waals surface area contributed by atoms with Gasteiger partial charge < -0.3 is 10.2 Å². The fourth-order valence-corrected chi connectivity index (χ4v) is 3.17. The summed E-state index contributed by atoms with van der Waals surface area (Å²) in [6.07, 6.45) is 0.331. The van der Waals surface area contributed by atoms with Crippen LogP contribution in [-0.4, -0.2) is 16.2 Å². The number of hydrogen-bond donors (Lipinski definition) is 2. The first-order valence-electron chi connectivity index (χ1n) is 5.14. The number of aryl methyl sites for hydroxylation is 1. The fraction of sp³-hybridized carbons (Fsp3) is 0.545. The predicted octanol–water partition coefficient (Wildman–Crippen LogP) is 3.35. The van der Waals surface area contributed by atoms with E-state index in [2.05, 4.69) is 15.9 Å². The Labute approximate surface area is 107 Å². The molecule has 0 amide bonds. The van der Waals surface area contributed by atoms with Gasteiger partial charge in [0.1, 0.15) is 6.10 Å². The minimum absolute atomic E-state index is 0.491. The highest BCUT2D eigenvalue weighted by atomic mass is 79.9. The molecule has 2 unspecified atom stereocenters. The Hall–Kier alpha value is -0.390. The van der Waals surface area contributed by atoms with Crippen LogP contribution in [0, 0.1) is 12.8 Å². The van der Waals surface area contributed by atoms with Crippen molar-refractivity contribution in [1.82, 2.24) is 0 Å². The number of carboxylic acids is 1. The molecule has 0 spiro atoms. The largest absolute Gasteiger partial charge is 0.481 e. The average molecular weight is 307 g/mol. The van der Waals surface area contributed by atoms with Crippen molar-refractivity contribution in [1.29, 1.82) is 0 Å². The maximum atomic E-state index is 11.0. The first-order valence-corrected chi connectivity index (χ1v) is 6.75. The molecule has 0 bridgehead atoms. The molecule has 90 valence electrons. The molecule has 1 heterocycles. The van der Waals surface area contributed by atoms with Crippen LogP contribution >= 0.6 is 27.3 Å². The summed E-state index contributed by atoms with van der Waals surface area (Å²) in [4.78, 5) is 12.8. The molecule has 0 saturated carbocycles. The maximum absolute atomic E-state index is 11.0. The average Bonchev–Trinajstić information content (AvgIpc) is 2.54. The van der Waals surface area contributed by atoms with Gasteiger partial charge in [0, 0.05) is 14.2 Å². The molecule has 0 aliphatic rings. The highest BCUT2D eigenvalue weighted by Crippen LogP contribution is 2.35. The van der Waals surface area contributed by atoms with Crippen molar-refractivity contribution in [3.8, 4) is 0 Å². The van der Waals surface area contributed by atoms with Gasteiger partial charge >= 0.3 is 5.97 Å². The van der Waals surface area contributed by atoms with Crippen molar-refractivity contribution >= 4 is 33.2 Å². The number of aliphatic carboxylic acids is 1. The number of aliphatic hydroxyl groups excluding tert-OH is 1. The van der Waals surface area contributed by atoms with Crippen molar-refractivity contribution < 1.29 is 15.0 Å². The lowest BCUT2D eigenvalue weighted by atomic mass is 9.96. The summed E-state index contributed by atoms with van der Waals surface area (Å²) in [5.74, 6) is -1.65. The minimum atomic E-state index is -0.934. The van der Waals surface area contributed by atoms with E-state index in [0.717, 1.165) is 15.8 Å². The van der Waals surface area contributed by atoms with Crippen molar-refractivity contribution in [2.45, 2.75) is 32.8 Å². The van der Waals surface area contributed by atoms with Crippen LogP contribution in [-0.2, 0) is 4.79 Å². The van der Waals surface area contributed by atoms with Crippen LogP contribution in [0.1, 0.15) is 35.6 Å². The second-order valence-electron chi connectivity index (χ2n) is 3.73. The summed E-state index contributed by atoms with van der Waals surface area (Å²) < 4.78 is 0.923. The van der Waals surface area contributed by atoms with Crippen molar-refractivity contribution in [3.63, 3.8) is 0 Å². The molecule has 2 atom stereocenters. The van der Waals surface area contributed by atoms with E-state index in [-0.39, 0.29) is 0 Å². The van der Waals surface area contributed by atoms with Gasteiger partial charge in [-0.15, -0.1) is 11.3 Å². The monoisotopic (exact) mass is 306 g/mol. The van der Waals surface area contributed by atoms with E-state index < -0.39 is 18.0 Å². The van der Waals surface area contributed by atoms with E-state index in [1.807, 2.05) is 13.8 Å². The van der Waals surface area contributed by atoms with Crippen LogP contribution in [0.2, 0.25) is 0 Å². The molecule has 0 fully saturated rings. The Kier molecular flexibility index (Phi) is 4.95. The molecule has 1 aromatic heterocycles. The van der Waals surface area contributed by atoms with E-state index in [9.17, 15) is 9.90 Å². The van der Waals surface area contributed by atoms with E-state index in [1.54, 1.807) is 6.07 Å². The van der Waals surface area contributed by atoms with Gasteiger partial charge in [-0.2, -0.15) is 0 Å². The highest BCUT2D eigenvalue weighted by Gasteiger charge is 2.28. The summed E-state index contributed by atoms with van der Waals surface area (Å²) in [5, 5.41) is 19.1. The zero-order chi connectivity index (χ0) is 12.3. The number of rotatable bonds is 5. The molecule has 16 heavy (non-hydrogen) atoms. The van der Waals surface area contributed by atoms with E-state index >= 15 is 0 Å². The fourth-order valence-electron chi connectivity index (χ4n) is 1.55. The second kappa shape index (κ2) is 5.80. The molecule has 0 aliphatic heterocycles. The number of carbonyl (C=O) groups is 1. The van der Waals surface area contributed by atoms with Crippen molar-refractivity contribution in [2.75, 3.05) is 0 Å². The SMILES string of the molecule is CCCC(C(=O)O)C(O)c1cc(Br)c(C)s1. The van der Waals surface area contributed by atoms with Gasteiger partial charge in [0.25, 0.3) is 0 Å². The number of carboxylic acid groups (broad SMARTS) is 1. The summed E-state index contributed by atoms with van der Waals surface area (Å²) in [6.45, 7) is 3.85. The Morgan fingerprint density at radius 3 is 2.62 bits per heavy atom. The molecule has 3 nitrogen and oxygen atoms in total. The van der Waals surface area contributed by atoms with Crippen LogP contribution in [0.5, 0.6) is 0 Å². The van der Waals surface area contributed by atoms with Crippen LogP contribution < -0.4 is 0 Å². The quantitative estimate of drug-likeness (QED) is 0.877. The Bertz CT molecular complexity index is 356. The second-order valence-corrected chi connectivity index (χ2v) is 5.87. The number of aliphatic hydroxyl groups is 1. The molecule has 5 heteroatoms. The third-order valence-electron chi connectivity index (χ3n) is 2.47. The van der Waals surface area contributed by atoms with E-state index in [4.69, 9.17) is 5.11 Å². The molecule has 1 aromatic rings. The molecular formula is C11H15BrO3S. The lowest BCUT2D eigenvalue weighted by Gasteiger charge is -2.16. The summed E-state index contributed by atoms with van der Waals surface area (Å²) in [5.41, 5.74) is 0. The third kappa shape index (κ3) is 3.06. The first-order chi connectivity index (χ1) is 7.47. The summed E-state index contributed by atoms with van der Waals surface area (Å²) in [6, 6.07) is 1.80. The van der Waals surface area contributed by atoms with Gasteiger partial charge in [-0.3, -0.25) is 4.79 Å². The summed E-state index contributed by atoms with van der Waals surface area (Å²) >= 11 is 4.80. The van der Waals surface area contributed by atoms with Crippen molar-refractivity contribution in [3.05, 3.63) is 20.3 Å². The van der Waals surface area contributed by atoms with Crippen molar-refractivity contribution in [2.24, 2.45) is 5.92 Å². The van der Waals surface area contributed by atoms with Gasteiger partial charge in [0.05, 0.1) is 5.92 Å². The Morgan fingerprint density at radius 1 is 1.62 bits per heavy atom. The minimum Gasteiger partial charge on any atom is -0.481 e. The van der Waals surface area contributed by atoms with Gasteiger partial charge in [-0.25, -0.2) is 0 Å². The van der Waals surface area contributed by atoms with Gasteiger partial charge in [-0.1, -0.05) is 13.3 Å². The smallest absolute Gasteiger partial charge is 0.309 e. The zero-order valence-corrected chi connectivity index (χ0v) is 11.6. The standard InChI is InChI=1S/C11H15BrO3S/c1-3-4-7(11(14)15)10(13)9-5-8(12)6(2)16-9/h5,7,10,13H,3-4H2,1-2H3,(H,14,15). The highest BCUT2D eigenvalue weighted by molar-refractivity contribution is 9.10. The van der Waals surface area contributed by atoms with Gasteiger partial charge in [0.2, 0.25) is 0 Å². The van der Waals surface area contributed by atoms with E-state index in [0.29, 0.717) is 11.3 Å². The van der Waals surface area contributed by atoms with Crippen LogP contribution in [0.15, 0.2) is 10.5 Å². The Morgan fingerprint density at radius 2 is 2.25 bits per heavy atom.